The monoisotopic (exact) mass is 321 g/mol. The zero-order valence-electron chi connectivity index (χ0n) is 11.0. The highest BCUT2D eigenvalue weighted by Crippen LogP contribution is 2.37. The maximum absolute atomic E-state index is 11.5. The summed E-state index contributed by atoms with van der Waals surface area (Å²) in [4.78, 5) is 11.5. The molecule has 1 aromatic carbocycles. The van der Waals surface area contributed by atoms with Gasteiger partial charge in [0.05, 0.1) is 10.9 Å². The van der Waals surface area contributed by atoms with Gasteiger partial charge in [-0.1, -0.05) is 15.9 Å². The van der Waals surface area contributed by atoms with Gasteiger partial charge >= 0.3 is 5.97 Å². The minimum absolute atomic E-state index is 0.785. The molecule has 19 heavy (non-hydrogen) atoms. The third-order valence-electron chi connectivity index (χ3n) is 4.07. The van der Waals surface area contributed by atoms with Crippen LogP contribution in [0.15, 0.2) is 22.8 Å². The second-order valence-corrected chi connectivity index (χ2v) is 6.65. The molecule has 0 saturated carbocycles. The Balaban J connectivity index is 2.37. The van der Waals surface area contributed by atoms with Gasteiger partial charge in [0.1, 0.15) is 0 Å². The Kier molecular flexibility index (Phi) is 2.75. The summed E-state index contributed by atoms with van der Waals surface area (Å²) >= 11 is 3.54. The van der Waals surface area contributed by atoms with Crippen LogP contribution in [0.3, 0.4) is 0 Å². The van der Waals surface area contributed by atoms with E-state index in [0.29, 0.717) is 0 Å². The van der Waals surface area contributed by atoms with Gasteiger partial charge in [0, 0.05) is 22.6 Å². The SMILES string of the molecule is CC(C)(C(=O)O)c1cn2c3c(cc(Br)cc13)CCC2. The van der Waals surface area contributed by atoms with Crippen molar-refractivity contribution in [3.8, 4) is 0 Å². The molecule has 0 amide bonds. The number of carboxylic acids is 1. The molecule has 0 unspecified atom stereocenters. The molecule has 0 saturated heterocycles. The molecule has 0 radical (unpaired) electrons. The minimum atomic E-state index is -0.869. The Morgan fingerprint density at radius 2 is 2.16 bits per heavy atom. The van der Waals surface area contributed by atoms with E-state index in [4.69, 9.17) is 0 Å². The predicted molar refractivity (Wildman–Crippen MR) is 78.6 cm³/mol. The number of aromatic nitrogens is 1. The number of benzene rings is 1. The third-order valence-corrected chi connectivity index (χ3v) is 4.53. The van der Waals surface area contributed by atoms with Crippen LogP contribution < -0.4 is 0 Å². The number of hydrogen-bond donors (Lipinski definition) is 1. The van der Waals surface area contributed by atoms with Gasteiger partial charge in [-0.05, 0) is 49.9 Å². The van der Waals surface area contributed by atoms with Crippen molar-refractivity contribution in [1.29, 1.82) is 0 Å². The molecule has 3 rings (SSSR count). The molecule has 0 aliphatic carbocycles. The van der Waals surface area contributed by atoms with Crippen LogP contribution in [0.4, 0.5) is 0 Å². The molecule has 1 aliphatic heterocycles. The zero-order chi connectivity index (χ0) is 13.8. The highest BCUT2D eigenvalue weighted by molar-refractivity contribution is 9.10. The third kappa shape index (κ3) is 1.81. The fourth-order valence-electron chi connectivity index (χ4n) is 2.91. The zero-order valence-corrected chi connectivity index (χ0v) is 12.6. The number of halogens is 1. The smallest absolute Gasteiger partial charge is 0.313 e. The first-order valence-corrected chi connectivity index (χ1v) is 7.25. The Hall–Kier alpha value is -1.29. The summed E-state index contributed by atoms with van der Waals surface area (Å²) in [6, 6.07) is 4.19. The molecule has 0 spiro atoms. The van der Waals surface area contributed by atoms with Gasteiger partial charge in [0.25, 0.3) is 0 Å². The van der Waals surface area contributed by atoms with Crippen molar-refractivity contribution < 1.29 is 9.90 Å². The number of nitrogens with zero attached hydrogens (tertiary/aromatic N) is 1. The molecule has 1 N–H and O–H groups in total. The molecular formula is C15H16BrNO2. The lowest BCUT2D eigenvalue weighted by Gasteiger charge is -2.18. The van der Waals surface area contributed by atoms with Crippen LogP contribution in [-0.2, 0) is 23.2 Å². The molecule has 0 bridgehead atoms. The maximum atomic E-state index is 11.5. The molecule has 3 nitrogen and oxygen atoms in total. The van der Waals surface area contributed by atoms with Gasteiger partial charge in [-0.15, -0.1) is 0 Å². The van der Waals surface area contributed by atoms with E-state index in [1.807, 2.05) is 12.3 Å². The number of carbonyl (C=O) groups is 1. The van der Waals surface area contributed by atoms with Gasteiger partial charge < -0.3 is 9.67 Å². The largest absolute Gasteiger partial charge is 0.481 e. The van der Waals surface area contributed by atoms with E-state index in [0.717, 1.165) is 34.8 Å². The Bertz CT molecular complexity index is 685. The normalized spacial score (nSPS) is 14.9. The van der Waals surface area contributed by atoms with E-state index in [9.17, 15) is 9.90 Å². The molecule has 2 heterocycles. The predicted octanol–water partition coefficient (Wildman–Crippen LogP) is 3.71. The van der Waals surface area contributed by atoms with Crippen LogP contribution in [0.1, 0.15) is 31.4 Å². The van der Waals surface area contributed by atoms with Crippen LogP contribution in [-0.4, -0.2) is 15.6 Å². The van der Waals surface area contributed by atoms with Crippen LogP contribution >= 0.6 is 15.9 Å². The first-order valence-electron chi connectivity index (χ1n) is 6.46. The highest BCUT2D eigenvalue weighted by atomic mass is 79.9. The van der Waals surface area contributed by atoms with Gasteiger partial charge in [-0.3, -0.25) is 4.79 Å². The summed E-state index contributed by atoms with van der Waals surface area (Å²) in [5.74, 6) is -0.785. The lowest BCUT2D eigenvalue weighted by molar-refractivity contribution is -0.142. The minimum Gasteiger partial charge on any atom is -0.481 e. The lowest BCUT2D eigenvalue weighted by atomic mass is 9.84. The summed E-state index contributed by atoms with van der Waals surface area (Å²) in [6.07, 6.45) is 4.20. The molecule has 1 aromatic heterocycles. The van der Waals surface area contributed by atoms with Crippen molar-refractivity contribution in [1.82, 2.24) is 4.57 Å². The van der Waals surface area contributed by atoms with Gasteiger partial charge in [0.2, 0.25) is 0 Å². The first-order chi connectivity index (χ1) is 8.91. The van der Waals surface area contributed by atoms with Crippen molar-refractivity contribution in [3.05, 3.63) is 33.9 Å². The highest BCUT2D eigenvalue weighted by Gasteiger charge is 2.33. The van der Waals surface area contributed by atoms with Gasteiger partial charge in [-0.25, -0.2) is 0 Å². The van der Waals surface area contributed by atoms with E-state index < -0.39 is 11.4 Å². The van der Waals surface area contributed by atoms with Crippen molar-refractivity contribution in [2.24, 2.45) is 0 Å². The molecule has 4 heteroatoms. The summed E-state index contributed by atoms with van der Waals surface area (Å²) in [6.45, 7) is 4.51. The average Bonchev–Trinajstić information content (AvgIpc) is 2.70. The Morgan fingerprint density at radius 3 is 2.84 bits per heavy atom. The lowest BCUT2D eigenvalue weighted by Crippen LogP contribution is -2.28. The fourth-order valence-corrected chi connectivity index (χ4v) is 3.42. The van der Waals surface area contributed by atoms with Crippen molar-refractivity contribution in [2.45, 2.75) is 38.6 Å². The first kappa shape index (κ1) is 12.7. The maximum Gasteiger partial charge on any atom is 0.313 e. The molecule has 0 atom stereocenters. The number of rotatable bonds is 2. The number of hydrogen-bond acceptors (Lipinski definition) is 1. The second-order valence-electron chi connectivity index (χ2n) is 5.73. The summed E-state index contributed by atoms with van der Waals surface area (Å²) in [5, 5.41) is 10.5. The summed E-state index contributed by atoms with van der Waals surface area (Å²) in [7, 11) is 0. The Morgan fingerprint density at radius 1 is 1.42 bits per heavy atom. The van der Waals surface area contributed by atoms with Gasteiger partial charge in [0.15, 0.2) is 0 Å². The molecule has 1 aliphatic rings. The molecular weight excluding hydrogens is 306 g/mol. The van der Waals surface area contributed by atoms with Crippen LogP contribution in [0.2, 0.25) is 0 Å². The standard InChI is InChI=1S/C15H16BrNO2/c1-15(2,14(18)19)12-8-17-5-3-4-9-6-10(16)7-11(12)13(9)17/h6-8H,3-5H2,1-2H3,(H,18,19). The van der Waals surface area contributed by atoms with Crippen molar-refractivity contribution in [2.75, 3.05) is 0 Å². The van der Waals surface area contributed by atoms with Crippen LogP contribution in [0, 0.1) is 0 Å². The number of aryl methyl sites for hydroxylation is 2. The van der Waals surface area contributed by atoms with E-state index in [1.165, 1.54) is 11.1 Å². The van der Waals surface area contributed by atoms with Gasteiger partial charge in [-0.2, -0.15) is 0 Å². The van der Waals surface area contributed by atoms with E-state index in [-0.39, 0.29) is 0 Å². The summed E-state index contributed by atoms with van der Waals surface area (Å²) < 4.78 is 3.23. The van der Waals surface area contributed by atoms with Crippen molar-refractivity contribution in [3.63, 3.8) is 0 Å². The quantitative estimate of drug-likeness (QED) is 0.916. The summed E-state index contributed by atoms with van der Waals surface area (Å²) in [5.41, 5.74) is 2.55. The second kappa shape index (κ2) is 4.10. The molecule has 0 fully saturated rings. The van der Waals surface area contributed by atoms with E-state index >= 15 is 0 Å². The fraction of sp³-hybridized carbons (Fsp3) is 0.400. The molecule has 100 valence electrons. The van der Waals surface area contributed by atoms with Crippen LogP contribution in [0.25, 0.3) is 10.9 Å². The van der Waals surface area contributed by atoms with Crippen molar-refractivity contribution >= 4 is 32.8 Å². The van der Waals surface area contributed by atoms with E-state index in [2.05, 4.69) is 26.6 Å². The topological polar surface area (TPSA) is 42.2 Å². The van der Waals surface area contributed by atoms with Crippen LogP contribution in [0.5, 0.6) is 0 Å². The molecule has 2 aromatic rings. The average molecular weight is 322 g/mol. The number of carboxylic acid groups (broad SMARTS) is 1. The van der Waals surface area contributed by atoms with E-state index in [1.54, 1.807) is 13.8 Å². The Labute approximate surface area is 120 Å². The number of aliphatic carboxylic acids is 1.